The van der Waals surface area contributed by atoms with Crippen molar-refractivity contribution >= 4 is 0 Å². The van der Waals surface area contributed by atoms with Gasteiger partial charge in [0.25, 0.3) is 0 Å². The fourth-order valence-electron chi connectivity index (χ4n) is 3.52. The monoisotopic (exact) mass is 254 g/mol. The SMILES string of the molecule is CCN1CCC(C(C)NC2CCC(O)CC2)CC1. The van der Waals surface area contributed by atoms with Gasteiger partial charge in [0.2, 0.25) is 0 Å². The molecule has 1 aliphatic carbocycles. The van der Waals surface area contributed by atoms with Crippen LogP contribution in [0.1, 0.15) is 52.4 Å². The van der Waals surface area contributed by atoms with Gasteiger partial charge in [-0.3, -0.25) is 0 Å². The maximum absolute atomic E-state index is 9.53. The van der Waals surface area contributed by atoms with Gasteiger partial charge in [0, 0.05) is 12.1 Å². The molecule has 2 rings (SSSR count). The summed E-state index contributed by atoms with van der Waals surface area (Å²) >= 11 is 0. The van der Waals surface area contributed by atoms with E-state index in [9.17, 15) is 5.11 Å². The van der Waals surface area contributed by atoms with Crippen LogP contribution in [0.4, 0.5) is 0 Å². The zero-order valence-electron chi connectivity index (χ0n) is 12.1. The average molecular weight is 254 g/mol. The van der Waals surface area contributed by atoms with E-state index >= 15 is 0 Å². The second-order valence-electron chi connectivity index (χ2n) is 6.23. The van der Waals surface area contributed by atoms with Gasteiger partial charge in [-0.1, -0.05) is 6.92 Å². The van der Waals surface area contributed by atoms with Gasteiger partial charge in [-0.25, -0.2) is 0 Å². The number of likely N-dealkylation sites (tertiary alicyclic amines) is 1. The Morgan fingerprint density at radius 3 is 2.28 bits per heavy atom. The third kappa shape index (κ3) is 3.94. The van der Waals surface area contributed by atoms with Crippen LogP contribution in [0.2, 0.25) is 0 Å². The van der Waals surface area contributed by atoms with Crippen molar-refractivity contribution in [3.05, 3.63) is 0 Å². The molecule has 0 bridgehead atoms. The minimum atomic E-state index is -0.0360. The van der Waals surface area contributed by atoms with E-state index in [-0.39, 0.29) is 6.10 Å². The van der Waals surface area contributed by atoms with E-state index in [1.165, 1.54) is 32.5 Å². The molecule has 3 heteroatoms. The van der Waals surface area contributed by atoms with Crippen LogP contribution in [0.5, 0.6) is 0 Å². The molecule has 18 heavy (non-hydrogen) atoms. The van der Waals surface area contributed by atoms with E-state index in [0.29, 0.717) is 12.1 Å². The Labute approximate surface area is 112 Å². The molecule has 0 aromatic heterocycles. The minimum Gasteiger partial charge on any atom is -0.393 e. The molecule has 1 heterocycles. The van der Waals surface area contributed by atoms with Crippen LogP contribution >= 0.6 is 0 Å². The molecule has 1 unspecified atom stereocenters. The Hall–Kier alpha value is -0.120. The molecule has 0 radical (unpaired) electrons. The first-order valence-corrected chi connectivity index (χ1v) is 7.85. The van der Waals surface area contributed by atoms with Crippen LogP contribution in [0.3, 0.4) is 0 Å². The second kappa shape index (κ2) is 6.88. The Morgan fingerprint density at radius 1 is 1.11 bits per heavy atom. The van der Waals surface area contributed by atoms with E-state index in [0.717, 1.165) is 31.6 Å². The van der Waals surface area contributed by atoms with E-state index in [1.54, 1.807) is 0 Å². The van der Waals surface area contributed by atoms with Gasteiger partial charge < -0.3 is 15.3 Å². The van der Waals surface area contributed by atoms with Crippen molar-refractivity contribution in [2.24, 2.45) is 5.92 Å². The van der Waals surface area contributed by atoms with Gasteiger partial charge in [-0.2, -0.15) is 0 Å². The first-order chi connectivity index (χ1) is 8.69. The van der Waals surface area contributed by atoms with Crippen LogP contribution in [0, 0.1) is 5.92 Å². The summed E-state index contributed by atoms with van der Waals surface area (Å²) in [5.74, 6) is 0.847. The molecule has 1 saturated heterocycles. The molecule has 2 fully saturated rings. The number of rotatable bonds is 4. The lowest BCUT2D eigenvalue weighted by atomic mass is 9.87. The lowest BCUT2D eigenvalue weighted by Gasteiger charge is -2.37. The van der Waals surface area contributed by atoms with Crippen LogP contribution in [0.15, 0.2) is 0 Å². The lowest BCUT2D eigenvalue weighted by molar-refractivity contribution is 0.107. The van der Waals surface area contributed by atoms with Crippen molar-refractivity contribution in [3.63, 3.8) is 0 Å². The van der Waals surface area contributed by atoms with Crippen molar-refractivity contribution < 1.29 is 5.11 Å². The van der Waals surface area contributed by atoms with Crippen LogP contribution in [-0.2, 0) is 0 Å². The number of nitrogens with zero attached hydrogens (tertiary/aromatic N) is 1. The highest BCUT2D eigenvalue weighted by Crippen LogP contribution is 2.23. The van der Waals surface area contributed by atoms with E-state index in [2.05, 4.69) is 24.1 Å². The largest absolute Gasteiger partial charge is 0.393 e. The molecule has 2 N–H and O–H groups in total. The summed E-state index contributed by atoms with van der Waals surface area (Å²) in [5, 5.41) is 13.3. The van der Waals surface area contributed by atoms with Gasteiger partial charge in [0.05, 0.1) is 6.10 Å². The molecule has 3 nitrogen and oxygen atoms in total. The van der Waals surface area contributed by atoms with Crippen molar-refractivity contribution in [1.29, 1.82) is 0 Å². The summed E-state index contributed by atoms with van der Waals surface area (Å²) < 4.78 is 0. The predicted molar refractivity (Wildman–Crippen MR) is 75.7 cm³/mol. The lowest BCUT2D eigenvalue weighted by Crippen LogP contribution is -2.46. The first-order valence-electron chi connectivity index (χ1n) is 7.85. The Bertz CT molecular complexity index is 231. The Balaban J connectivity index is 1.70. The molecule has 1 saturated carbocycles. The second-order valence-corrected chi connectivity index (χ2v) is 6.23. The molecule has 0 spiro atoms. The molecule has 2 aliphatic rings. The summed E-state index contributed by atoms with van der Waals surface area (Å²) in [5.41, 5.74) is 0. The molecular formula is C15H30N2O. The van der Waals surface area contributed by atoms with Gasteiger partial charge in [0.1, 0.15) is 0 Å². The van der Waals surface area contributed by atoms with E-state index < -0.39 is 0 Å². The molecule has 0 aromatic rings. The zero-order chi connectivity index (χ0) is 13.0. The highest BCUT2D eigenvalue weighted by Gasteiger charge is 2.26. The highest BCUT2D eigenvalue weighted by molar-refractivity contribution is 4.84. The van der Waals surface area contributed by atoms with Crippen molar-refractivity contribution in [2.45, 2.75) is 70.6 Å². The van der Waals surface area contributed by atoms with Crippen molar-refractivity contribution in [1.82, 2.24) is 10.2 Å². The topological polar surface area (TPSA) is 35.5 Å². The summed E-state index contributed by atoms with van der Waals surface area (Å²) in [7, 11) is 0. The van der Waals surface area contributed by atoms with E-state index in [4.69, 9.17) is 0 Å². The number of nitrogens with one attached hydrogen (secondary N) is 1. The summed E-state index contributed by atoms with van der Waals surface area (Å²) in [4.78, 5) is 2.56. The number of aliphatic hydroxyl groups is 1. The third-order valence-corrected chi connectivity index (χ3v) is 4.98. The molecule has 1 aliphatic heterocycles. The molecule has 106 valence electrons. The number of hydrogen-bond acceptors (Lipinski definition) is 3. The number of piperidine rings is 1. The van der Waals surface area contributed by atoms with Gasteiger partial charge in [-0.05, 0) is 71.0 Å². The first kappa shape index (κ1) is 14.3. The predicted octanol–water partition coefficient (Wildman–Crippen LogP) is 2.00. The summed E-state index contributed by atoms with van der Waals surface area (Å²) in [6.45, 7) is 8.37. The summed E-state index contributed by atoms with van der Waals surface area (Å²) in [6, 6.07) is 1.29. The van der Waals surface area contributed by atoms with Crippen LogP contribution in [-0.4, -0.2) is 47.8 Å². The van der Waals surface area contributed by atoms with Crippen LogP contribution < -0.4 is 5.32 Å². The van der Waals surface area contributed by atoms with Crippen molar-refractivity contribution in [3.8, 4) is 0 Å². The molecule has 0 amide bonds. The zero-order valence-corrected chi connectivity index (χ0v) is 12.1. The smallest absolute Gasteiger partial charge is 0.0541 e. The average Bonchev–Trinajstić information content (AvgIpc) is 2.41. The van der Waals surface area contributed by atoms with Crippen LogP contribution in [0.25, 0.3) is 0 Å². The quantitative estimate of drug-likeness (QED) is 0.805. The molecule has 0 aromatic carbocycles. The fraction of sp³-hybridized carbons (Fsp3) is 1.00. The number of hydrogen-bond donors (Lipinski definition) is 2. The third-order valence-electron chi connectivity index (χ3n) is 4.98. The maximum atomic E-state index is 9.53. The molecular weight excluding hydrogens is 224 g/mol. The maximum Gasteiger partial charge on any atom is 0.0541 e. The fourth-order valence-corrected chi connectivity index (χ4v) is 3.52. The van der Waals surface area contributed by atoms with Crippen molar-refractivity contribution in [2.75, 3.05) is 19.6 Å². The normalized spacial score (nSPS) is 33.5. The van der Waals surface area contributed by atoms with Gasteiger partial charge in [0.15, 0.2) is 0 Å². The number of aliphatic hydroxyl groups excluding tert-OH is 1. The Kier molecular flexibility index (Phi) is 5.46. The minimum absolute atomic E-state index is 0.0360. The van der Waals surface area contributed by atoms with Gasteiger partial charge in [-0.15, -0.1) is 0 Å². The van der Waals surface area contributed by atoms with Gasteiger partial charge >= 0.3 is 0 Å². The van der Waals surface area contributed by atoms with E-state index in [1.807, 2.05) is 0 Å². The standard InChI is InChI=1S/C15H30N2O/c1-3-17-10-8-13(9-11-17)12(2)16-14-4-6-15(18)7-5-14/h12-16,18H,3-11H2,1-2H3. The Morgan fingerprint density at radius 2 is 1.72 bits per heavy atom. The summed E-state index contributed by atoms with van der Waals surface area (Å²) in [6.07, 6.45) is 6.93. The highest BCUT2D eigenvalue weighted by atomic mass is 16.3. The molecule has 1 atom stereocenters.